The van der Waals surface area contributed by atoms with Crippen LogP contribution in [0.3, 0.4) is 0 Å². The molecular weight excluding hydrogens is 298 g/mol. The molecule has 1 aromatic rings. The number of likely N-dealkylation sites (tertiary alicyclic amines) is 1. The zero-order valence-electron chi connectivity index (χ0n) is 13.0. The number of rotatable bonds is 5. The number of hydrogen-bond acceptors (Lipinski definition) is 4. The van der Waals surface area contributed by atoms with Crippen molar-refractivity contribution < 1.29 is 24.5 Å². The van der Waals surface area contributed by atoms with Gasteiger partial charge in [0.05, 0.1) is 12.6 Å². The Hall–Kier alpha value is -2.34. The van der Waals surface area contributed by atoms with Gasteiger partial charge in [0.15, 0.2) is 0 Å². The number of nitrogens with zero attached hydrogens (tertiary/aromatic N) is 1. The van der Waals surface area contributed by atoms with Gasteiger partial charge in [0, 0.05) is 5.92 Å². The summed E-state index contributed by atoms with van der Waals surface area (Å²) in [6.45, 7) is 5.53. The van der Waals surface area contributed by atoms with Gasteiger partial charge in [-0.05, 0) is 18.9 Å². The minimum atomic E-state index is -1.15. The van der Waals surface area contributed by atoms with Crippen LogP contribution in [0.2, 0.25) is 0 Å². The number of carbonyl (C=O) groups is 2. The first-order valence-electron chi connectivity index (χ1n) is 7.42. The van der Waals surface area contributed by atoms with Crippen LogP contribution in [0.5, 0.6) is 0 Å². The van der Waals surface area contributed by atoms with Crippen molar-refractivity contribution in [2.45, 2.75) is 32.1 Å². The number of carboxylic acids is 1. The fourth-order valence-electron chi connectivity index (χ4n) is 2.85. The van der Waals surface area contributed by atoms with E-state index >= 15 is 0 Å². The number of β-amino-alcohol motifs (C(OH)–C–C–N with tert-alkyl or cyclic N) is 1. The van der Waals surface area contributed by atoms with Crippen LogP contribution < -0.4 is 0 Å². The van der Waals surface area contributed by atoms with Gasteiger partial charge in [0.1, 0.15) is 12.6 Å². The molecule has 2 N–H and O–H groups in total. The maximum atomic E-state index is 12.2. The summed E-state index contributed by atoms with van der Waals surface area (Å²) < 4.78 is 5.18. The van der Waals surface area contributed by atoms with E-state index in [4.69, 9.17) is 4.74 Å². The van der Waals surface area contributed by atoms with E-state index in [1.54, 1.807) is 6.92 Å². The Kier molecular flexibility index (Phi) is 5.39. The van der Waals surface area contributed by atoms with E-state index in [1.807, 2.05) is 30.3 Å². The molecule has 1 heterocycles. The van der Waals surface area contributed by atoms with E-state index in [-0.39, 0.29) is 13.2 Å². The van der Waals surface area contributed by atoms with Crippen LogP contribution in [0.4, 0.5) is 4.79 Å². The summed E-state index contributed by atoms with van der Waals surface area (Å²) in [5.41, 5.74) is 1.57. The molecule has 1 amide bonds. The summed E-state index contributed by atoms with van der Waals surface area (Å²) in [5, 5.41) is 19.5. The molecule has 0 aromatic heterocycles. The summed E-state index contributed by atoms with van der Waals surface area (Å²) in [4.78, 5) is 24.8. The monoisotopic (exact) mass is 319 g/mol. The molecule has 0 radical (unpaired) electrons. The zero-order chi connectivity index (χ0) is 17.0. The molecule has 6 heteroatoms. The van der Waals surface area contributed by atoms with Crippen LogP contribution >= 0.6 is 0 Å². The molecule has 0 bridgehead atoms. The van der Waals surface area contributed by atoms with Gasteiger partial charge in [0.25, 0.3) is 0 Å². The zero-order valence-corrected chi connectivity index (χ0v) is 13.0. The third-order valence-electron chi connectivity index (χ3n) is 3.90. The molecule has 1 aliphatic heterocycles. The minimum absolute atomic E-state index is 0.0530. The minimum Gasteiger partial charge on any atom is -0.480 e. The van der Waals surface area contributed by atoms with Crippen LogP contribution in [0.1, 0.15) is 18.9 Å². The fourth-order valence-corrected chi connectivity index (χ4v) is 2.85. The number of hydrogen-bond donors (Lipinski definition) is 2. The lowest BCUT2D eigenvalue weighted by Gasteiger charge is -2.24. The van der Waals surface area contributed by atoms with Crippen molar-refractivity contribution >= 4 is 12.1 Å². The van der Waals surface area contributed by atoms with Gasteiger partial charge in [0.2, 0.25) is 0 Å². The molecule has 124 valence electrons. The molecule has 0 spiro atoms. The van der Waals surface area contributed by atoms with Crippen molar-refractivity contribution in [1.29, 1.82) is 0 Å². The Bertz CT molecular complexity index is 586. The summed E-state index contributed by atoms with van der Waals surface area (Å²) in [6, 6.07) is 8.02. The first-order chi connectivity index (χ1) is 10.9. The van der Waals surface area contributed by atoms with Gasteiger partial charge in [-0.25, -0.2) is 9.59 Å². The van der Waals surface area contributed by atoms with Crippen molar-refractivity contribution in [3.63, 3.8) is 0 Å². The lowest BCUT2D eigenvalue weighted by atomic mass is 9.91. The van der Waals surface area contributed by atoms with Gasteiger partial charge in [-0.3, -0.25) is 4.90 Å². The molecular formula is C17H21NO5. The third kappa shape index (κ3) is 4.10. The van der Waals surface area contributed by atoms with E-state index in [0.717, 1.165) is 16.0 Å². The van der Waals surface area contributed by atoms with Crippen LogP contribution in [0, 0.1) is 5.92 Å². The highest BCUT2D eigenvalue weighted by Crippen LogP contribution is 2.30. The number of carboxylic acid groups (broad SMARTS) is 1. The van der Waals surface area contributed by atoms with E-state index in [2.05, 4.69) is 6.58 Å². The molecule has 1 aromatic carbocycles. The maximum absolute atomic E-state index is 12.2. The Morgan fingerprint density at radius 2 is 2.00 bits per heavy atom. The van der Waals surface area contributed by atoms with Gasteiger partial charge < -0.3 is 14.9 Å². The predicted molar refractivity (Wildman–Crippen MR) is 83.7 cm³/mol. The van der Waals surface area contributed by atoms with Crippen molar-refractivity contribution in [1.82, 2.24) is 4.90 Å². The lowest BCUT2D eigenvalue weighted by Crippen LogP contribution is -2.43. The molecule has 0 aliphatic carbocycles. The number of aliphatic hydroxyl groups is 1. The molecule has 1 fully saturated rings. The highest BCUT2D eigenvalue weighted by atomic mass is 16.6. The molecule has 0 unspecified atom stereocenters. The van der Waals surface area contributed by atoms with Crippen molar-refractivity contribution in [2.75, 3.05) is 6.54 Å². The molecule has 0 saturated carbocycles. The molecule has 2 rings (SSSR count). The quantitative estimate of drug-likeness (QED) is 0.811. The Morgan fingerprint density at radius 1 is 1.35 bits per heavy atom. The molecule has 1 aliphatic rings. The van der Waals surface area contributed by atoms with E-state index in [9.17, 15) is 19.8 Å². The van der Waals surface area contributed by atoms with Gasteiger partial charge in [-0.1, -0.05) is 35.9 Å². The smallest absolute Gasteiger partial charge is 0.410 e. The molecule has 1 saturated heterocycles. The average molecular weight is 319 g/mol. The Morgan fingerprint density at radius 3 is 2.57 bits per heavy atom. The summed E-state index contributed by atoms with van der Waals surface area (Å²) >= 11 is 0. The van der Waals surface area contributed by atoms with E-state index in [0.29, 0.717) is 6.42 Å². The number of ether oxygens (including phenoxy) is 1. The van der Waals surface area contributed by atoms with Crippen LogP contribution in [0.15, 0.2) is 42.5 Å². The topological polar surface area (TPSA) is 87.1 Å². The summed E-state index contributed by atoms with van der Waals surface area (Å²) in [6.07, 6.45) is -1.29. The Balaban J connectivity index is 2.06. The third-order valence-corrected chi connectivity index (χ3v) is 3.90. The number of amides is 1. The number of carbonyl (C=O) groups excluding carboxylic acids is 1. The van der Waals surface area contributed by atoms with Crippen LogP contribution in [-0.4, -0.2) is 45.9 Å². The average Bonchev–Trinajstić information content (AvgIpc) is 2.82. The molecule has 3 atom stereocenters. The van der Waals surface area contributed by atoms with Crippen molar-refractivity contribution in [3.8, 4) is 0 Å². The van der Waals surface area contributed by atoms with Crippen LogP contribution in [0.25, 0.3) is 0 Å². The van der Waals surface area contributed by atoms with E-state index < -0.39 is 30.1 Å². The largest absolute Gasteiger partial charge is 0.480 e. The summed E-state index contributed by atoms with van der Waals surface area (Å²) in [7, 11) is 0. The fraction of sp³-hybridized carbons (Fsp3) is 0.412. The maximum Gasteiger partial charge on any atom is 0.410 e. The highest BCUT2D eigenvalue weighted by Gasteiger charge is 2.47. The Labute approximate surface area is 135 Å². The van der Waals surface area contributed by atoms with Gasteiger partial charge in [-0.2, -0.15) is 0 Å². The van der Waals surface area contributed by atoms with E-state index in [1.165, 1.54) is 0 Å². The normalized spacial score (nSPS) is 23.6. The second kappa shape index (κ2) is 7.28. The number of aliphatic carboxylic acids is 1. The first-order valence-corrected chi connectivity index (χ1v) is 7.42. The second-order valence-electron chi connectivity index (χ2n) is 5.87. The van der Waals surface area contributed by atoms with Gasteiger partial charge in [-0.15, -0.1) is 6.58 Å². The number of benzene rings is 1. The first kappa shape index (κ1) is 17.0. The summed E-state index contributed by atoms with van der Waals surface area (Å²) in [5.74, 6) is -1.72. The lowest BCUT2D eigenvalue weighted by molar-refractivity contribution is -0.143. The highest BCUT2D eigenvalue weighted by molar-refractivity contribution is 5.81. The van der Waals surface area contributed by atoms with Crippen LogP contribution in [-0.2, 0) is 16.1 Å². The second-order valence-corrected chi connectivity index (χ2v) is 5.87. The standard InChI is InChI=1S/C17H21NO5/c1-11(2)8-13-14(19)9-18(15(13)16(20)21)17(22)23-10-12-6-4-3-5-7-12/h3-7,13-15,19H,1,8-10H2,2H3,(H,20,21)/t13-,14-,15-/m0/s1. The van der Waals surface area contributed by atoms with Crippen molar-refractivity contribution in [2.24, 2.45) is 5.92 Å². The molecule has 23 heavy (non-hydrogen) atoms. The van der Waals surface area contributed by atoms with Crippen molar-refractivity contribution in [3.05, 3.63) is 48.0 Å². The molecule has 6 nitrogen and oxygen atoms in total. The predicted octanol–water partition coefficient (Wildman–Crippen LogP) is 2.04. The SMILES string of the molecule is C=C(C)C[C@@H]1[C@@H](C(=O)O)N(C(=O)OCc2ccccc2)C[C@@H]1O. The number of allylic oxidation sites excluding steroid dienone is 1. The number of aliphatic hydroxyl groups excluding tert-OH is 1. The van der Waals surface area contributed by atoms with Gasteiger partial charge >= 0.3 is 12.1 Å².